The number of halogens is 4. The van der Waals surface area contributed by atoms with Crippen molar-refractivity contribution in [2.24, 2.45) is 0 Å². The molecule has 0 bridgehead atoms. The van der Waals surface area contributed by atoms with Crippen molar-refractivity contribution in [1.29, 1.82) is 0 Å². The van der Waals surface area contributed by atoms with Gasteiger partial charge in [-0.3, -0.25) is 4.79 Å². The molecule has 7 nitrogen and oxygen atoms in total. The lowest BCUT2D eigenvalue weighted by molar-refractivity contribution is -0.153. The summed E-state index contributed by atoms with van der Waals surface area (Å²) in [5.41, 5.74) is -1.05. The highest BCUT2D eigenvalue weighted by Gasteiger charge is 2.28. The van der Waals surface area contributed by atoms with E-state index in [1.54, 1.807) is 23.0 Å². The highest BCUT2D eigenvalue weighted by atomic mass is 35.5. The van der Waals surface area contributed by atoms with Crippen molar-refractivity contribution in [3.63, 3.8) is 0 Å². The summed E-state index contributed by atoms with van der Waals surface area (Å²) in [7, 11) is 0. The number of hydrogen-bond donors (Lipinski definition) is 0. The molecular weight excluding hydrogens is 457 g/mol. The van der Waals surface area contributed by atoms with E-state index in [1.165, 1.54) is 41.7 Å². The Hall–Kier alpha value is -3.18. The molecule has 0 radical (unpaired) electrons. The first-order valence-corrected chi connectivity index (χ1v) is 9.93. The molecular formula is C19H12ClF3N4O3S. The standard InChI is InChI=1S/C19H12ClF3N4O3S/c20-17-24-8-13(31-17)9-26-7-1-2-14-15(26)25-18(29)27(16(14)28)11-3-5-12(6-4-11)30-10-19(21,22)23/h1-8H,9-10H2. The predicted octanol–water partition coefficient (Wildman–Crippen LogP) is 3.60. The van der Waals surface area contributed by atoms with E-state index in [-0.39, 0.29) is 22.8 Å². The number of fused-ring (bicyclic) bond motifs is 1. The van der Waals surface area contributed by atoms with Gasteiger partial charge in [-0.2, -0.15) is 18.2 Å². The highest BCUT2D eigenvalue weighted by Crippen LogP contribution is 2.22. The van der Waals surface area contributed by atoms with Crippen molar-refractivity contribution in [3.8, 4) is 22.8 Å². The number of alkyl halides is 3. The Morgan fingerprint density at radius 1 is 1.13 bits per heavy atom. The van der Waals surface area contributed by atoms with Gasteiger partial charge in [0.15, 0.2) is 16.9 Å². The number of benzene rings is 1. The molecule has 160 valence electrons. The number of hydrogen-bond acceptors (Lipinski definition) is 6. The number of aromatic nitrogens is 4. The number of rotatable bonds is 5. The van der Waals surface area contributed by atoms with Gasteiger partial charge in [0.05, 0.1) is 17.8 Å². The van der Waals surface area contributed by atoms with Crippen LogP contribution in [0.25, 0.3) is 17.1 Å². The van der Waals surface area contributed by atoms with Crippen LogP contribution >= 0.6 is 22.9 Å². The van der Waals surface area contributed by atoms with Crippen LogP contribution in [0.1, 0.15) is 4.88 Å². The lowest BCUT2D eigenvalue weighted by Gasteiger charge is -2.15. The lowest BCUT2D eigenvalue weighted by atomic mass is 10.2. The maximum absolute atomic E-state index is 13.0. The second kappa shape index (κ2) is 8.16. The van der Waals surface area contributed by atoms with E-state index >= 15 is 0 Å². The van der Waals surface area contributed by atoms with Gasteiger partial charge in [0, 0.05) is 17.3 Å². The van der Waals surface area contributed by atoms with E-state index in [1.807, 2.05) is 0 Å². The lowest BCUT2D eigenvalue weighted by Crippen LogP contribution is -2.36. The molecule has 0 N–H and O–H groups in total. The molecule has 0 amide bonds. The van der Waals surface area contributed by atoms with Crippen molar-refractivity contribution >= 4 is 22.9 Å². The fourth-order valence-corrected chi connectivity index (χ4v) is 3.90. The summed E-state index contributed by atoms with van der Waals surface area (Å²) >= 11 is 7.12. The molecule has 0 unspecified atom stereocenters. The summed E-state index contributed by atoms with van der Waals surface area (Å²) in [6.07, 6.45) is -1.19. The largest absolute Gasteiger partial charge is 0.484 e. The van der Waals surface area contributed by atoms with Crippen molar-refractivity contribution in [2.45, 2.75) is 12.7 Å². The van der Waals surface area contributed by atoms with E-state index in [0.717, 1.165) is 9.44 Å². The third kappa shape index (κ3) is 4.62. The Morgan fingerprint density at radius 2 is 1.87 bits per heavy atom. The third-order valence-corrected chi connectivity index (χ3v) is 5.32. The number of pyridine rings is 1. The van der Waals surface area contributed by atoms with Crippen LogP contribution in [0, 0.1) is 0 Å². The van der Waals surface area contributed by atoms with E-state index in [2.05, 4.69) is 14.7 Å². The van der Waals surface area contributed by atoms with Crippen LogP contribution < -0.4 is 16.0 Å². The molecule has 2 aliphatic heterocycles. The highest BCUT2D eigenvalue weighted by molar-refractivity contribution is 7.15. The quantitative estimate of drug-likeness (QED) is 0.447. The Morgan fingerprint density at radius 3 is 2.52 bits per heavy atom. The van der Waals surface area contributed by atoms with Crippen LogP contribution in [0.3, 0.4) is 0 Å². The van der Waals surface area contributed by atoms with Gasteiger partial charge in [-0.15, -0.1) is 11.3 Å². The Labute approximate surface area is 181 Å². The number of thiazole rings is 1. The summed E-state index contributed by atoms with van der Waals surface area (Å²) in [5.74, 6) is 0.153. The van der Waals surface area contributed by atoms with Gasteiger partial charge < -0.3 is 9.30 Å². The topological polar surface area (TPSA) is 79.0 Å². The maximum atomic E-state index is 13.0. The van der Waals surface area contributed by atoms with E-state index in [4.69, 9.17) is 11.6 Å². The fourth-order valence-electron chi connectivity index (χ4n) is 2.92. The maximum Gasteiger partial charge on any atom is 0.422 e. The normalized spacial score (nSPS) is 11.7. The van der Waals surface area contributed by atoms with Crippen LogP contribution in [0.15, 0.2) is 58.4 Å². The minimum absolute atomic E-state index is 0.0450. The van der Waals surface area contributed by atoms with Crippen LogP contribution in [0.2, 0.25) is 4.47 Å². The minimum atomic E-state index is -4.47. The monoisotopic (exact) mass is 468 g/mol. The first kappa shape index (κ1) is 21.1. The van der Waals surface area contributed by atoms with E-state index in [9.17, 15) is 22.8 Å². The molecule has 1 aromatic heterocycles. The first-order valence-electron chi connectivity index (χ1n) is 8.74. The third-order valence-electron chi connectivity index (χ3n) is 4.22. The van der Waals surface area contributed by atoms with Crippen LogP contribution in [-0.4, -0.2) is 31.9 Å². The van der Waals surface area contributed by atoms with Gasteiger partial charge in [0.2, 0.25) is 0 Å². The second-order valence-electron chi connectivity index (χ2n) is 6.39. The zero-order valence-corrected chi connectivity index (χ0v) is 17.0. The first-order chi connectivity index (χ1) is 14.7. The molecule has 0 aliphatic carbocycles. The van der Waals surface area contributed by atoms with Gasteiger partial charge in [0.1, 0.15) is 5.75 Å². The average molecular weight is 469 g/mol. The molecule has 3 heterocycles. The zero-order chi connectivity index (χ0) is 22.2. The Bertz CT molecular complexity index is 1310. The zero-order valence-electron chi connectivity index (χ0n) is 15.5. The number of ether oxygens (including phenoxy) is 1. The molecule has 0 saturated heterocycles. The van der Waals surface area contributed by atoms with E-state index in [0.29, 0.717) is 11.0 Å². The molecule has 12 heteroatoms. The summed E-state index contributed by atoms with van der Waals surface area (Å²) in [6.45, 7) is -1.12. The fraction of sp³-hybridized carbons (Fsp3) is 0.158. The summed E-state index contributed by atoms with van der Waals surface area (Å²) in [5, 5.41) is 0. The molecule has 1 aromatic carbocycles. The van der Waals surface area contributed by atoms with Gasteiger partial charge in [-0.25, -0.2) is 14.3 Å². The van der Waals surface area contributed by atoms with Crippen molar-refractivity contribution in [1.82, 2.24) is 19.1 Å². The second-order valence-corrected chi connectivity index (χ2v) is 8.08. The van der Waals surface area contributed by atoms with Crippen LogP contribution in [-0.2, 0) is 6.54 Å². The van der Waals surface area contributed by atoms with Gasteiger partial charge in [-0.1, -0.05) is 11.6 Å². The molecule has 0 atom stereocenters. The van der Waals surface area contributed by atoms with Gasteiger partial charge >= 0.3 is 11.9 Å². The molecule has 0 spiro atoms. The van der Waals surface area contributed by atoms with Gasteiger partial charge in [-0.05, 0) is 36.4 Å². The summed E-state index contributed by atoms with van der Waals surface area (Å²) < 4.78 is 44.3. The van der Waals surface area contributed by atoms with Gasteiger partial charge in [0.25, 0.3) is 5.56 Å². The average Bonchev–Trinajstić information content (AvgIpc) is 3.12. The van der Waals surface area contributed by atoms with Crippen LogP contribution in [0.4, 0.5) is 13.2 Å². The van der Waals surface area contributed by atoms with Crippen molar-refractivity contribution < 1.29 is 17.9 Å². The molecule has 31 heavy (non-hydrogen) atoms. The van der Waals surface area contributed by atoms with Crippen LogP contribution in [0.5, 0.6) is 5.75 Å². The Kier molecular flexibility index (Phi) is 5.54. The predicted molar refractivity (Wildman–Crippen MR) is 108 cm³/mol. The molecule has 4 rings (SSSR count). The smallest absolute Gasteiger partial charge is 0.422 e. The molecule has 2 aromatic rings. The minimum Gasteiger partial charge on any atom is -0.484 e. The molecule has 0 fully saturated rings. The SMILES string of the molecule is O=c1nc2n(Cc3cnc(Cl)s3)cccc-2c(=O)n1-c1ccc(OCC(F)(F)F)cc1. The van der Waals surface area contributed by atoms with Crippen molar-refractivity contribution in [2.75, 3.05) is 6.61 Å². The molecule has 2 aliphatic rings. The molecule has 0 saturated carbocycles. The summed E-state index contributed by atoms with van der Waals surface area (Å²) in [6, 6.07) is 8.32. The number of nitrogens with zero attached hydrogens (tertiary/aromatic N) is 4. The summed E-state index contributed by atoms with van der Waals surface area (Å²) in [4.78, 5) is 34.5. The van der Waals surface area contributed by atoms with Crippen molar-refractivity contribution in [3.05, 3.63) is 79.0 Å². The van der Waals surface area contributed by atoms with E-state index < -0.39 is 24.0 Å². The Balaban J connectivity index is 1.70.